The van der Waals surface area contributed by atoms with Crippen LogP contribution in [-0.4, -0.2) is 53.0 Å². The van der Waals surface area contributed by atoms with Gasteiger partial charge in [-0.2, -0.15) is 0 Å². The molecule has 1 fully saturated rings. The van der Waals surface area contributed by atoms with E-state index < -0.39 is 24.5 Å². The van der Waals surface area contributed by atoms with Gasteiger partial charge in [0.05, 0.1) is 23.5 Å². The Labute approximate surface area is 209 Å². The van der Waals surface area contributed by atoms with Crippen LogP contribution in [0.5, 0.6) is 0 Å². The molecule has 3 heterocycles. The number of primary amides is 1. The van der Waals surface area contributed by atoms with E-state index in [0.29, 0.717) is 40.5 Å². The monoisotopic (exact) mass is 518 g/mol. The molecule has 188 valence electrons. The molecule has 1 aromatic heterocycles. The Morgan fingerprint density at radius 3 is 2.66 bits per heavy atom. The summed E-state index contributed by atoms with van der Waals surface area (Å²) in [4.78, 5) is 19.1. The molecule has 0 saturated carbocycles. The number of pyridine rings is 1. The van der Waals surface area contributed by atoms with Gasteiger partial charge in [0, 0.05) is 48.3 Å². The van der Waals surface area contributed by atoms with Crippen molar-refractivity contribution in [2.24, 2.45) is 5.73 Å². The Balaban J connectivity index is 1.48. The number of halogens is 1. The molecule has 1 aromatic carbocycles. The van der Waals surface area contributed by atoms with Crippen LogP contribution in [0, 0.1) is 5.82 Å². The van der Waals surface area contributed by atoms with Gasteiger partial charge in [-0.05, 0) is 50.7 Å². The second-order valence-corrected chi connectivity index (χ2v) is 14.6. The van der Waals surface area contributed by atoms with Crippen molar-refractivity contribution in [1.82, 2.24) is 9.88 Å². The molecule has 4 rings (SSSR count). The topological polar surface area (TPSA) is 109 Å². The van der Waals surface area contributed by atoms with E-state index in [4.69, 9.17) is 10.7 Å². The molecule has 7 nitrogen and oxygen atoms in total. The van der Waals surface area contributed by atoms with Gasteiger partial charge in [-0.1, -0.05) is 30.0 Å². The second kappa shape index (κ2) is 10.1. The van der Waals surface area contributed by atoms with Crippen molar-refractivity contribution in [3.8, 4) is 0 Å². The highest BCUT2D eigenvalue weighted by atomic mass is 32.2. The number of rotatable bonds is 7. The minimum Gasteiger partial charge on any atom is -0.386 e. The summed E-state index contributed by atoms with van der Waals surface area (Å²) < 4.78 is 27.2. The molecule has 4 N–H and O–H groups in total. The first-order chi connectivity index (χ1) is 16.4. The third-order valence-corrected chi connectivity index (χ3v) is 10.1. The molecule has 1 amide bonds. The number of thioether (sulfide) groups is 1. The summed E-state index contributed by atoms with van der Waals surface area (Å²) in [6.07, 6.45) is 1.75. The molecular weight excluding hydrogens is 486 g/mol. The van der Waals surface area contributed by atoms with Gasteiger partial charge in [0.2, 0.25) is 5.91 Å². The molecule has 2 aliphatic rings. The molecule has 35 heavy (non-hydrogen) atoms. The van der Waals surface area contributed by atoms with Crippen LogP contribution >= 0.6 is 18.9 Å². The molecular formula is C25H32FN4O3PS. The van der Waals surface area contributed by atoms with E-state index in [1.165, 1.54) is 17.8 Å². The number of nitrogens with two attached hydrogens (primary N) is 1. The van der Waals surface area contributed by atoms with Gasteiger partial charge in [0.15, 0.2) is 0 Å². The van der Waals surface area contributed by atoms with Crippen LogP contribution in [0.2, 0.25) is 0 Å². The first-order valence-corrected chi connectivity index (χ1v) is 15.0. The minimum absolute atomic E-state index is 0.297. The van der Waals surface area contributed by atoms with Crippen LogP contribution < -0.4 is 11.1 Å². The van der Waals surface area contributed by atoms with Crippen molar-refractivity contribution in [3.63, 3.8) is 0 Å². The van der Waals surface area contributed by atoms with E-state index in [0.717, 1.165) is 31.1 Å². The Morgan fingerprint density at radius 2 is 2.03 bits per heavy atom. The summed E-state index contributed by atoms with van der Waals surface area (Å²) in [5.41, 5.74) is 6.73. The molecule has 0 bridgehead atoms. The summed E-state index contributed by atoms with van der Waals surface area (Å²) >= 11 is 1.35. The lowest BCUT2D eigenvalue weighted by atomic mass is 9.95. The lowest BCUT2D eigenvalue weighted by Gasteiger charge is -2.30. The van der Waals surface area contributed by atoms with Gasteiger partial charge in [-0.3, -0.25) is 9.69 Å². The van der Waals surface area contributed by atoms with Crippen molar-refractivity contribution >= 4 is 30.6 Å². The van der Waals surface area contributed by atoms with Crippen LogP contribution in [0.3, 0.4) is 0 Å². The van der Waals surface area contributed by atoms with Gasteiger partial charge in [0.25, 0.3) is 0 Å². The fourth-order valence-electron chi connectivity index (χ4n) is 4.26. The van der Waals surface area contributed by atoms with Crippen molar-refractivity contribution < 1.29 is 18.9 Å². The number of carbonyl (C=O) groups is 1. The Kier molecular flexibility index (Phi) is 7.44. The van der Waals surface area contributed by atoms with E-state index in [1.807, 2.05) is 24.9 Å². The summed E-state index contributed by atoms with van der Waals surface area (Å²) in [6, 6.07) is 10.4. The van der Waals surface area contributed by atoms with E-state index in [-0.39, 0.29) is 5.25 Å². The lowest BCUT2D eigenvalue weighted by molar-refractivity contribution is -0.114. The highest BCUT2D eigenvalue weighted by Crippen LogP contribution is 2.48. The van der Waals surface area contributed by atoms with Gasteiger partial charge in [-0.25, -0.2) is 9.37 Å². The molecule has 1 saturated heterocycles. The first-order valence-electron chi connectivity index (χ1n) is 11.6. The Hall–Kier alpha value is -2.19. The third kappa shape index (κ3) is 6.33. The van der Waals surface area contributed by atoms with Crippen LogP contribution in [0.15, 0.2) is 47.0 Å². The maximum atomic E-state index is 14.9. The highest BCUT2D eigenvalue weighted by molar-refractivity contribution is 8.03. The Bertz CT molecular complexity index is 1200. The number of carbonyl (C=O) groups excluding carboxylic acids is 1. The standard InChI is InChI=1S/C25H32FN4O3PS/c1-25(2,32)16-7-8-18(20(26)13-16)21-14-19(23(27)31)24(35-21)29-22-6-4-5-17(28-22)15-30-9-11-34(3,33)12-10-30/h4-8,13,21,32H,9-12,14-15H2,1-3H3,(H2,27,31)(H,28,29). The van der Waals surface area contributed by atoms with Gasteiger partial charge >= 0.3 is 0 Å². The van der Waals surface area contributed by atoms with E-state index >= 15 is 0 Å². The SMILES string of the molecule is CC(C)(O)c1ccc(C2CC(C(N)=O)=C(Nc3cccc(CN4CCP(C)(=O)CC4)n3)S2)c(F)c1. The average molecular weight is 519 g/mol. The quantitative estimate of drug-likeness (QED) is 0.471. The summed E-state index contributed by atoms with van der Waals surface area (Å²) in [6.45, 7) is 7.33. The molecule has 1 unspecified atom stereocenters. The molecule has 0 aliphatic carbocycles. The molecule has 0 spiro atoms. The number of aliphatic hydroxyl groups is 1. The largest absolute Gasteiger partial charge is 0.386 e. The van der Waals surface area contributed by atoms with Crippen LogP contribution in [0.4, 0.5) is 10.2 Å². The molecule has 2 aliphatic heterocycles. The van der Waals surface area contributed by atoms with Gasteiger partial charge < -0.3 is 20.7 Å². The number of aromatic nitrogens is 1. The van der Waals surface area contributed by atoms with Gasteiger partial charge in [-0.15, -0.1) is 0 Å². The van der Waals surface area contributed by atoms with Crippen LogP contribution in [0.1, 0.15) is 42.3 Å². The van der Waals surface area contributed by atoms with Crippen LogP contribution in [-0.2, 0) is 21.5 Å². The zero-order valence-corrected chi connectivity index (χ0v) is 22.0. The normalized spacial score (nSPS) is 20.8. The molecule has 10 heteroatoms. The minimum atomic E-state index is -1.99. The average Bonchev–Trinajstić information content (AvgIpc) is 3.18. The number of nitrogens with zero attached hydrogens (tertiary/aromatic N) is 2. The van der Waals surface area contributed by atoms with Crippen molar-refractivity contribution in [2.45, 2.75) is 37.7 Å². The van der Waals surface area contributed by atoms with Crippen molar-refractivity contribution in [3.05, 3.63) is 69.6 Å². The lowest BCUT2D eigenvalue weighted by Crippen LogP contribution is -2.34. The Morgan fingerprint density at radius 1 is 1.31 bits per heavy atom. The summed E-state index contributed by atoms with van der Waals surface area (Å²) in [7, 11) is -1.99. The second-order valence-electron chi connectivity index (χ2n) is 9.94. The number of hydrogen-bond donors (Lipinski definition) is 3. The number of anilines is 1. The third-order valence-electron chi connectivity index (χ3n) is 6.49. The van der Waals surface area contributed by atoms with Crippen molar-refractivity contribution in [1.29, 1.82) is 0 Å². The maximum absolute atomic E-state index is 14.9. The summed E-state index contributed by atoms with van der Waals surface area (Å²) in [5, 5.41) is 13.6. The fourth-order valence-corrected chi connectivity index (χ4v) is 7.24. The molecule has 2 aromatic rings. The zero-order valence-electron chi connectivity index (χ0n) is 20.3. The van der Waals surface area contributed by atoms with E-state index in [1.54, 1.807) is 26.0 Å². The smallest absolute Gasteiger partial charge is 0.247 e. The predicted octanol–water partition coefficient (Wildman–Crippen LogP) is 4.24. The number of nitrogens with one attached hydrogen (secondary N) is 1. The molecule has 0 radical (unpaired) electrons. The van der Waals surface area contributed by atoms with Crippen LogP contribution in [0.25, 0.3) is 0 Å². The van der Waals surface area contributed by atoms with Gasteiger partial charge in [0.1, 0.15) is 11.6 Å². The van der Waals surface area contributed by atoms with Crippen molar-refractivity contribution in [2.75, 3.05) is 37.4 Å². The first kappa shape index (κ1) is 25.9. The summed E-state index contributed by atoms with van der Waals surface area (Å²) in [5.74, 6) is -0.393. The van der Waals surface area contributed by atoms with E-state index in [9.17, 15) is 18.9 Å². The number of amides is 1. The zero-order chi connectivity index (χ0) is 25.4. The predicted molar refractivity (Wildman–Crippen MR) is 139 cm³/mol. The maximum Gasteiger partial charge on any atom is 0.247 e. The highest BCUT2D eigenvalue weighted by Gasteiger charge is 2.32. The fraction of sp³-hybridized carbons (Fsp3) is 0.440. The van der Waals surface area contributed by atoms with E-state index in [2.05, 4.69) is 10.2 Å². The molecule has 1 atom stereocenters. The number of hydrogen-bond acceptors (Lipinski definition) is 7. The number of benzene rings is 1.